The summed E-state index contributed by atoms with van der Waals surface area (Å²) in [6, 6.07) is -0.981. The van der Waals surface area contributed by atoms with Crippen LogP contribution >= 0.6 is 23.1 Å². The van der Waals surface area contributed by atoms with E-state index in [2.05, 4.69) is 15.5 Å². The molecule has 1 saturated heterocycles. The van der Waals surface area contributed by atoms with E-state index in [4.69, 9.17) is 20.8 Å². The monoisotopic (exact) mass is 445 g/mol. The summed E-state index contributed by atoms with van der Waals surface area (Å²) in [6.45, 7) is 2.00. The molecule has 0 radical (unpaired) electrons. The number of carbonyl (C=O) groups excluding carboxylic acids is 2. The van der Waals surface area contributed by atoms with Crippen LogP contribution in [0.2, 0.25) is 0 Å². The Balaban J connectivity index is 2.23. The van der Waals surface area contributed by atoms with Gasteiger partial charge in [-0.25, -0.2) is 9.78 Å². The lowest BCUT2D eigenvalue weighted by atomic mass is 10.1. The molecule has 0 bridgehead atoms. The highest BCUT2D eigenvalue weighted by Gasteiger charge is 2.49. The summed E-state index contributed by atoms with van der Waals surface area (Å²) >= 11 is 2.22. The molecule has 0 saturated carbocycles. The van der Waals surface area contributed by atoms with Gasteiger partial charge in [-0.1, -0.05) is 5.16 Å². The molecule has 1 aliphatic rings. The van der Waals surface area contributed by atoms with E-state index >= 15 is 0 Å². The smallest absolute Gasteiger partial charge is 0.350 e. The van der Waals surface area contributed by atoms with Crippen molar-refractivity contribution in [1.82, 2.24) is 15.2 Å². The Kier molecular flexibility index (Phi) is 6.69. The summed E-state index contributed by atoms with van der Waals surface area (Å²) < 4.78 is 0. The van der Waals surface area contributed by atoms with Gasteiger partial charge in [0.15, 0.2) is 10.8 Å². The van der Waals surface area contributed by atoms with Gasteiger partial charge >= 0.3 is 11.9 Å². The van der Waals surface area contributed by atoms with Crippen LogP contribution < -0.4 is 11.1 Å². The number of carboxylic acids is 2. The van der Waals surface area contributed by atoms with Gasteiger partial charge in [-0.15, -0.1) is 23.1 Å². The quantitative estimate of drug-likeness (QED) is 0.217. The molecule has 2 amide bonds. The number of hydrogen-bond acceptors (Lipinski definition) is 10. The number of thiazole rings is 1. The number of thioether (sulfide) groups is 1. The van der Waals surface area contributed by atoms with Crippen LogP contribution in [0.5, 0.6) is 0 Å². The molecule has 29 heavy (non-hydrogen) atoms. The first-order chi connectivity index (χ1) is 13.5. The molecular weight excluding hydrogens is 426 g/mol. The number of carboxylic acid groups (broad SMARTS) is 2. The average molecular weight is 445 g/mol. The molecular formula is C15H19N5O7S2. The highest BCUT2D eigenvalue weighted by molar-refractivity contribution is 7.99. The van der Waals surface area contributed by atoms with E-state index in [-0.39, 0.29) is 16.5 Å². The predicted octanol–water partition coefficient (Wildman–Crippen LogP) is -0.590. The minimum atomic E-state index is -1.72. The molecule has 158 valence electrons. The number of carbonyl (C=O) groups is 4. The number of anilines is 1. The number of aromatic nitrogens is 1. The summed E-state index contributed by atoms with van der Waals surface area (Å²) in [5, 5.41) is 25.1. The molecule has 0 unspecified atom stereocenters. The maximum atomic E-state index is 12.7. The fourth-order valence-corrected chi connectivity index (χ4v) is 3.68. The molecule has 1 fully saturated rings. The van der Waals surface area contributed by atoms with E-state index in [1.54, 1.807) is 6.26 Å². The lowest BCUT2D eigenvalue weighted by molar-refractivity contribution is -0.161. The number of nitrogens with two attached hydrogens (primary N) is 1. The summed E-state index contributed by atoms with van der Waals surface area (Å²) in [7, 11) is 0. The second-order valence-electron chi connectivity index (χ2n) is 6.35. The van der Waals surface area contributed by atoms with Crippen molar-refractivity contribution in [3.63, 3.8) is 0 Å². The highest BCUT2D eigenvalue weighted by Crippen LogP contribution is 2.28. The molecule has 14 heteroatoms. The van der Waals surface area contributed by atoms with Crippen molar-refractivity contribution in [3.8, 4) is 0 Å². The number of β-lactam (4-membered cyclic amide) rings is 1. The third-order valence-corrected chi connectivity index (χ3v) is 5.52. The minimum Gasteiger partial charge on any atom is -0.480 e. The van der Waals surface area contributed by atoms with Crippen molar-refractivity contribution in [2.75, 3.05) is 18.5 Å². The second kappa shape index (κ2) is 8.65. The minimum absolute atomic E-state index is 0.0426. The van der Waals surface area contributed by atoms with Gasteiger partial charge in [0, 0.05) is 5.38 Å². The first-order valence-electron chi connectivity index (χ1n) is 8.04. The van der Waals surface area contributed by atoms with Gasteiger partial charge in [-0.2, -0.15) is 0 Å². The lowest BCUT2D eigenvalue weighted by Crippen LogP contribution is -2.70. The molecule has 2 heterocycles. The van der Waals surface area contributed by atoms with Gasteiger partial charge in [0.05, 0.1) is 0 Å². The standard InChI is InChI=1S/C15H19N5O7S2/c1-15(2,13(25)26)27-19-8(6-5-29-14(16)17-6)10(23)18-9-11(24)20(4-7(21)22)12(9)28-3/h5,9,12H,4H2,1-3H3,(H2,16,17)(H,18,23)(H,21,22)(H,25,26)/b19-8-/t9-,12-/m1/s1. The van der Waals surface area contributed by atoms with Crippen LogP contribution in [0.25, 0.3) is 0 Å². The van der Waals surface area contributed by atoms with E-state index in [1.807, 2.05) is 0 Å². The Morgan fingerprint density at radius 3 is 2.59 bits per heavy atom. The molecule has 1 aliphatic heterocycles. The van der Waals surface area contributed by atoms with Crippen molar-refractivity contribution >= 4 is 57.7 Å². The zero-order valence-electron chi connectivity index (χ0n) is 15.6. The third-order valence-electron chi connectivity index (χ3n) is 3.83. The molecule has 5 N–H and O–H groups in total. The fourth-order valence-electron chi connectivity index (χ4n) is 2.24. The number of nitrogens with zero attached hydrogens (tertiary/aromatic N) is 3. The SMILES string of the molecule is CS[C@@H]1[C@H](NC(=O)/C(=N\OC(C)(C)C(=O)O)c2csc(N)n2)C(=O)N1CC(=O)O. The number of hydrogen-bond donors (Lipinski definition) is 4. The van der Waals surface area contributed by atoms with Crippen molar-refractivity contribution in [2.24, 2.45) is 5.16 Å². The van der Waals surface area contributed by atoms with E-state index < -0.39 is 47.3 Å². The topological polar surface area (TPSA) is 185 Å². The van der Waals surface area contributed by atoms with E-state index in [9.17, 15) is 19.2 Å². The Hall–Kier alpha value is -2.87. The Labute approximate surface area is 173 Å². The first kappa shape index (κ1) is 22.4. The molecule has 1 aromatic heterocycles. The number of nitrogen functional groups attached to an aromatic ring is 1. The largest absolute Gasteiger partial charge is 0.480 e. The number of amides is 2. The predicted molar refractivity (Wildman–Crippen MR) is 104 cm³/mol. The third kappa shape index (κ3) is 4.95. The van der Waals surface area contributed by atoms with Crippen LogP contribution in [0.1, 0.15) is 19.5 Å². The van der Waals surface area contributed by atoms with Gasteiger partial charge in [-0.05, 0) is 20.1 Å². The van der Waals surface area contributed by atoms with Crippen molar-refractivity contribution in [3.05, 3.63) is 11.1 Å². The molecule has 2 atom stereocenters. The Morgan fingerprint density at radius 2 is 2.10 bits per heavy atom. The summed E-state index contributed by atoms with van der Waals surface area (Å²) in [4.78, 5) is 57.1. The van der Waals surface area contributed by atoms with Crippen LogP contribution in [0, 0.1) is 0 Å². The molecule has 0 spiro atoms. The second-order valence-corrected chi connectivity index (χ2v) is 8.20. The maximum absolute atomic E-state index is 12.7. The van der Waals surface area contributed by atoms with Crippen molar-refractivity contribution < 1.29 is 34.2 Å². The van der Waals surface area contributed by atoms with Crippen LogP contribution in [-0.2, 0) is 24.0 Å². The molecule has 1 aromatic rings. The van der Waals surface area contributed by atoms with E-state index in [1.165, 1.54) is 31.0 Å². The maximum Gasteiger partial charge on any atom is 0.350 e. The van der Waals surface area contributed by atoms with E-state index in [0.717, 1.165) is 16.2 Å². The zero-order valence-corrected chi connectivity index (χ0v) is 17.2. The average Bonchev–Trinajstić information content (AvgIpc) is 3.05. The van der Waals surface area contributed by atoms with Crippen LogP contribution in [0.3, 0.4) is 0 Å². The highest BCUT2D eigenvalue weighted by atomic mass is 32.2. The Bertz CT molecular complexity index is 869. The number of rotatable bonds is 9. The van der Waals surface area contributed by atoms with Gasteiger partial charge < -0.3 is 31.0 Å². The van der Waals surface area contributed by atoms with Gasteiger partial charge in [0.1, 0.15) is 23.7 Å². The normalized spacial score (nSPS) is 19.5. The number of likely N-dealkylation sites (tertiary alicyclic amines) is 1. The molecule has 0 aliphatic carbocycles. The Morgan fingerprint density at radius 1 is 1.45 bits per heavy atom. The van der Waals surface area contributed by atoms with Crippen LogP contribution in [0.4, 0.5) is 5.13 Å². The number of oxime groups is 1. The first-order valence-corrected chi connectivity index (χ1v) is 10.2. The molecule has 2 rings (SSSR count). The molecule has 12 nitrogen and oxygen atoms in total. The number of nitrogens with one attached hydrogen (secondary N) is 1. The number of aliphatic carboxylic acids is 2. The van der Waals surface area contributed by atoms with Crippen LogP contribution in [-0.4, -0.2) is 79.4 Å². The van der Waals surface area contributed by atoms with Gasteiger partial charge in [0.25, 0.3) is 5.91 Å². The van der Waals surface area contributed by atoms with Crippen molar-refractivity contribution in [2.45, 2.75) is 30.9 Å². The van der Waals surface area contributed by atoms with Gasteiger partial charge in [-0.3, -0.25) is 14.4 Å². The molecule has 0 aromatic carbocycles. The summed E-state index contributed by atoms with van der Waals surface area (Å²) in [6.07, 6.45) is 1.67. The lowest BCUT2D eigenvalue weighted by Gasteiger charge is -2.45. The van der Waals surface area contributed by atoms with Crippen molar-refractivity contribution in [1.29, 1.82) is 0 Å². The van der Waals surface area contributed by atoms with Gasteiger partial charge in [0.2, 0.25) is 11.5 Å². The summed E-state index contributed by atoms with van der Waals surface area (Å²) in [5.74, 6) is -3.89. The van der Waals surface area contributed by atoms with Crippen LogP contribution in [0.15, 0.2) is 10.5 Å². The fraction of sp³-hybridized carbons (Fsp3) is 0.467. The summed E-state index contributed by atoms with van der Waals surface area (Å²) in [5.41, 5.74) is 3.54. The zero-order chi connectivity index (χ0) is 21.9. The van der Waals surface area contributed by atoms with E-state index in [0.29, 0.717) is 0 Å².